The maximum atomic E-state index is 11.9. The molecule has 4 heteroatoms. The summed E-state index contributed by atoms with van der Waals surface area (Å²) >= 11 is 0. The van der Waals surface area contributed by atoms with Crippen LogP contribution < -0.4 is 10.6 Å². The van der Waals surface area contributed by atoms with Crippen LogP contribution in [0.25, 0.3) is 0 Å². The van der Waals surface area contributed by atoms with E-state index in [9.17, 15) is 9.59 Å². The van der Waals surface area contributed by atoms with E-state index in [1.165, 1.54) is 11.1 Å². The van der Waals surface area contributed by atoms with E-state index in [2.05, 4.69) is 10.6 Å². The van der Waals surface area contributed by atoms with Crippen molar-refractivity contribution in [2.45, 2.75) is 20.8 Å². The predicted molar refractivity (Wildman–Crippen MR) is 136 cm³/mol. The molecule has 0 radical (unpaired) electrons. The summed E-state index contributed by atoms with van der Waals surface area (Å²) in [5, 5.41) is 5.72. The third-order valence-electron chi connectivity index (χ3n) is 4.94. The van der Waals surface area contributed by atoms with Crippen LogP contribution in [-0.4, -0.2) is 11.8 Å². The number of amides is 2. The van der Waals surface area contributed by atoms with Crippen molar-refractivity contribution in [3.63, 3.8) is 0 Å². The normalized spacial score (nSPS) is 9.91. The second-order valence-corrected chi connectivity index (χ2v) is 7.88. The van der Waals surface area contributed by atoms with Crippen LogP contribution >= 0.6 is 0 Å². The van der Waals surface area contributed by atoms with E-state index in [1.54, 1.807) is 12.1 Å². The van der Waals surface area contributed by atoms with Crippen LogP contribution in [0.4, 0.5) is 11.4 Å². The molecule has 0 aromatic heterocycles. The minimum atomic E-state index is -0.0792. The van der Waals surface area contributed by atoms with Crippen LogP contribution in [0.15, 0.2) is 103 Å². The molecule has 166 valence electrons. The second-order valence-electron chi connectivity index (χ2n) is 7.88. The van der Waals surface area contributed by atoms with E-state index < -0.39 is 0 Å². The summed E-state index contributed by atoms with van der Waals surface area (Å²) in [5.41, 5.74) is 6.44. The lowest BCUT2D eigenvalue weighted by Crippen LogP contribution is -2.11. The number of carbonyl (C=O) groups excluding carboxylic acids is 2. The molecule has 0 saturated carbocycles. The van der Waals surface area contributed by atoms with Crippen molar-refractivity contribution in [2.75, 3.05) is 10.6 Å². The Hall–Kier alpha value is -4.18. The van der Waals surface area contributed by atoms with Crippen LogP contribution in [0.1, 0.15) is 37.4 Å². The Bertz CT molecular complexity index is 1200. The number of benzene rings is 4. The van der Waals surface area contributed by atoms with E-state index >= 15 is 0 Å². The van der Waals surface area contributed by atoms with Crippen LogP contribution in [-0.2, 0) is 0 Å². The molecule has 0 aliphatic heterocycles. The highest BCUT2D eigenvalue weighted by Gasteiger charge is 2.05. The molecule has 4 rings (SSSR count). The Balaban J connectivity index is 0.000000186. The summed E-state index contributed by atoms with van der Waals surface area (Å²) in [5.74, 6) is -0.151. The SMILES string of the molecule is Cc1ccc(NC(=O)c2cccc(C)c2)cc1.Cc1ccc(NC(=O)c2ccccc2)cc1. The van der Waals surface area contributed by atoms with Gasteiger partial charge in [0.1, 0.15) is 0 Å². The Morgan fingerprint density at radius 3 is 1.42 bits per heavy atom. The van der Waals surface area contributed by atoms with Crippen molar-refractivity contribution in [1.82, 2.24) is 0 Å². The van der Waals surface area contributed by atoms with Gasteiger partial charge in [-0.05, 0) is 69.3 Å². The average Bonchev–Trinajstić information content (AvgIpc) is 2.83. The molecule has 4 nitrogen and oxygen atoms in total. The zero-order valence-corrected chi connectivity index (χ0v) is 19.1. The molecule has 4 aromatic carbocycles. The lowest BCUT2D eigenvalue weighted by atomic mass is 10.1. The van der Waals surface area contributed by atoms with Crippen molar-refractivity contribution in [3.05, 3.63) is 131 Å². The van der Waals surface area contributed by atoms with Crippen LogP contribution in [0.3, 0.4) is 0 Å². The van der Waals surface area contributed by atoms with Gasteiger partial charge in [-0.1, -0.05) is 71.3 Å². The minimum Gasteiger partial charge on any atom is -0.322 e. The molecular formula is C29H28N2O2. The monoisotopic (exact) mass is 436 g/mol. The van der Waals surface area contributed by atoms with Crippen molar-refractivity contribution >= 4 is 23.2 Å². The minimum absolute atomic E-state index is 0.0717. The van der Waals surface area contributed by atoms with Crippen LogP contribution in [0, 0.1) is 20.8 Å². The topological polar surface area (TPSA) is 58.2 Å². The fourth-order valence-electron chi connectivity index (χ4n) is 3.06. The van der Waals surface area contributed by atoms with E-state index in [0.29, 0.717) is 11.1 Å². The van der Waals surface area contributed by atoms with Gasteiger partial charge < -0.3 is 10.6 Å². The number of carbonyl (C=O) groups is 2. The fourth-order valence-corrected chi connectivity index (χ4v) is 3.06. The first kappa shape index (κ1) is 23.5. The third-order valence-corrected chi connectivity index (χ3v) is 4.94. The van der Waals surface area contributed by atoms with E-state index in [1.807, 2.05) is 112 Å². The summed E-state index contributed by atoms with van der Waals surface area (Å²) in [4.78, 5) is 23.7. The van der Waals surface area contributed by atoms with Gasteiger partial charge in [0.05, 0.1) is 0 Å². The number of rotatable bonds is 4. The van der Waals surface area contributed by atoms with Gasteiger partial charge in [-0.25, -0.2) is 0 Å². The largest absolute Gasteiger partial charge is 0.322 e. The Morgan fingerprint density at radius 2 is 0.939 bits per heavy atom. The third kappa shape index (κ3) is 7.47. The summed E-state index contributed by atoms with van der Waals surface area (Å²) < 4.78 is 0. The first-order valence-corrected chi connectivity index (χ1v) is 10.8. The molecular weight excluding hydrogens is 408 g/mol. The molecule has 0 aliphatic carbocycles. The lowest BCUT2D eigenvalue weighted by Gasteiger charge is -2.06. The standard InChI is InChI=1S/C15H15NO.C14H13NO/c1-11-6-8-14(9-7-11)16-15(17)13-5-3-4-12(2)10-13;1-11-7-9-13(10-8-11)15-14(16)12-5-3-2-4-6-12/h3-10H,1-2H3,(H,16,17);2-10H,1H3,(H,15,16). The van der Waals surface area contributed by atoms with Gasteiger partial charge in [0, 0.05) is 22.5 Å². The molecule has 0 saturated heterocycles. The Morgan fingerprint density at radius 1 is 0.485 bits per heavy atom. The molecule has 0 bridgehead atoms. The molecule has 0 fully saturated rings. The summed E-state index contributed by atoms with van der Waals surface area (Å²) in [6, 6.07) is 32.3. The maximum Gasteiger partial charge on any atom is 0.255 e. The summed E-state index contributed by atoms with van der Waals surface area (Å²) in [6.45, 7) is 6.01. The van der Waals surface area contributed by atoms with Crippen LogP contribution in [0.5, 0.6) is 0 Å². The average molecular weight is 437 g/mol. The molecule has 2 N–H and O–H groups in total. The van der Waals surface area contributed by atoms with Gasteiger partial charge in [-0.15, -0.1) is 0 Å². The van der Waals surface area contributed by atoms with Crippen molar-refractivity contribution in [3.8, 4) is 0 Å². The lowest BCUT2D eigenvalue weighted by molar-refractivity contribution is 0.101. The van der Waals surface area contributed by atoms with E-state index in [4.69, 9.17) is 0 Å². The predicted octanol–water partition coefficient (Wildman–Crippen LogP) is 6.80. The van der Waals surface area contributed by atoms with E-state index in [-0.39, 0.29) is 11.8 Å². The van der Waals surface area contributed by atoms with Gasteiger partial charge in [-0.2, -0.15) is 0 Å². The van der Waals surface area contributed by atoms with Gasteiger partial charge in [0.15, 0.2) is 0 Å². The molecule has 0 unspecified atom stereocenters. The van der Waals surface area contributed by atoms with E-state index in [0.717, 1.165) is 16.9 Å². The first-order valence-electron chi connectivity index (χ1n) is 10.8. The molecule has 4 aromatic rings. The number of hydrogen-bond donors (Lipinski definition) is 2. The highest BCUT2D eigenvalue weighted by Crippen LogP contribution is 2.12. The number of aryl methyl sites for hydroxylation is 3. The van der Waals surface area contributed by atoms with Crippen molar-refractivity contribution in [2.24, 2.45) is 0 Å². The number of nitrogens with one attached hydrogen (secondary N) is 2. The zero-order valence-electron chi connectivity index (χ0n) is 19.1. The van der Waals surface area contributed by atoms with Gasteiger partial charge in [0.2, 0.25) is 0 Å². The molecule has 0 aliphatic rings. The molecule has 2 amide bonds. The molecule has 0 spiro atoms. The highest BCUT2D eigenvalue weighted by molar-refractivity contribution is 6.04. The first-order chi connectivity index (χ1) is 15.9. The molecule has 0 atom stereocenters. The summed E-state index contributed by atoms with van der Waals surface area (Å²) in [6.07, 6.45) is 0. The van der Waals surface area contributed by atoms with Gasteiger partial charge in [-0.3, -0.25) is 9.59 Å². The second kappa shape index (κ2) is 11.4. The summed E-state index contributed by atoms with van der Waals surface area (Å²) in [7, 11) is 0. The van der Waals surface area contributed by atoms with Crippen LogP contribution in [0.2, 0.25) is 0 Å². The maximum absolute atomic E-state index is 11.9. The molecule has 33 heavy (non-hydrogen) atoms. The van der Waals surface area contributed by atoms with Gasteiger partial charge in [0.25, 0.3) is 11.8 Å². The highest BCUT2D eigenvalue weighted by atomic mass is 16.2. The Kier molecular flexibility index (Phi) is 8.14. The Labute approximate surface area is 195 Å². The zero-order chi connectivity index (χ0) is 23.6. The van der Waals surface area contributed by atoms with Gasteiger partial charge >= 0.3 is 0 Å². The number of anilines is 2. The smallest absolute Gasteiger partial charge is 0.255 e. The fraction of sp³-hybridized carbons (Fsp3) is 0.103. The number of hydrogen-bond acceptors (Lipinski definition) is 2. The molecule has 0 heterocycles. The quantitative estimate of drug-likeness (QED) is 0.369. The van der Waals surface area contributed by atoms with Crippen molar-refractivity contribution in [1.29, 1.82) is 0 Å². The van der Waals surface area contributed by atoms with Crippen molar-refractivity contribution < 1.29 is 9.59 Å².